The predicted octanol–water partition coefficient (Wildman–Crippen LogP) is 1.22. The number of hydrogen-bond donors (Lipinski definition) is 1. The third-order valence-corrected chi connectivity index (χ3v) is 3.63. The summed E-state index contributed by atoms with van der Waals surface area (Å²) in [5.41, 5.74) is 0.983. The van der Waals surface area contributed by atoms with Gasteiger partial charge in [0.15, 0.2) is 5.82 Å². The highest BCUT2D eigenvalue weighted by Gasteiger charge is 2.20. The monoisotopic (exact) mass is 294 g/mol. The second-order valence-electron chi connectivity index (χ2n) is 5.53. The molecule has 1 heterocycles. The Kier molecular flexibility index (Phi) is 6.35. The smallest absolute Gasteiger partial charge is 0.151 e. The van der Waals surface area contributed by atoms with Crippen molar-refractivity contribution in [3.8, 4) is 0 Å². The largest absolute Gasteiger partial charge is 0.383 e. The van der Waals surface area contributed by atoms with Crippen LogP contribution in [0.1, 0.15) is 25.5 Å². The van der Waals surface area contributed by atoms with Gasteiger partial charge in [0, 0.05) is 33.4 Å². The minimum Gasteiger partial charge on any atom is -0.383 e. The Morgan fingerprint density at radius 1 is 1.29 bits per heavy atom. The molecule has 1 N–H and O–H groups in total. The molecule has 1 aliphatic rings. The van der Waals surface area contributed by atoms with Crippen LogP contribution >= 0.6 is 0 Å². The molecule has 1 saturated carbocycles. The highest BCUT2D eigenvalue weighted by atomic mass is 16.5. The second-order valence-corrected chi connectivity index (χ2v) is 5.53. The van der Waals surface area contributed by atoms with Crippen LogP contribution < -0.4 is 10.2 Å². The van der Waals surface area contributed by atoms with Gasteiger partial charge in [-0.2, -0.15) is 5.10 Å². The summed E-state index contributed by atoms with van der Waals surface area (Å²) in [5, 5.41) is 12.1. The number of nitrogens with one attached hydrogen (secondary N) is 1. The van der Waals surface area contributed by atoms with Gasteiger partial charge in [0.1, 0.15) is 0 Å². The third-order valence-electron chi connectivity index (χ3n) is 3.63. The molecule has 0 spiro atoms. The average Bonchev–Trinajstić information content (AvgIpc) is 3.31. The van der Waals surface area contributed by atoms with Crippen molar-refractivity contribution in [2.24, 2.45) is 0 Å². The van der Waals surface area contributed by atoms with Crippen molar-refractivity contribution in [2.75, 3.05) is 38.9 Å². The Morgan fingerprint density at radius 2 is 2.10 bits per heavy atom. The number of methoxy groups -OCH3 is 2. The van der Waals surface area contributed by atoms with Crippen LogP contribution in [0.4, 0.5) is 5.82 Å². The zero-order valence-electron chi connectivity index (χ0n) is 13.2. The molecule has 1 atom stereocenters. The average molecular weight is 294 g/mol. The molecule has 0 radical (unpaired) electrons. The minimum absolute atomic E-state index is 0.231. The van der Waals surface area contributed by atoms with E-state index in [1.807, 2.05) is 12.1 Å². The van der Waals surface area contributed by atoms with Crippen LogP contribution in [-0.4, -0.2) is 56.3 Å². The van der Waals surface area contributed by atoms with Gasteiger partial charge in [-0.05, 0) is 31.9 Å². The van der Waals surface area contributed by atoms with Crippen molar-refractivity contribution in [2.45, 2.75) is 38.4 Å². The summed E-state index contributed by atoms with van der Waals surface area (Å²) in [6.07, 6.45) is 2.57. The van der Waals surface area contributed by atoms with E-state index in [0.717, 1.165) is 24.6 Å². The molecule has 118 valence electrons. The van der Waals surface area contributed by atoms with Gasteiger partial charge < -0.3 is 19.7 Å². The molecule has 0 saturated heterocycles. The molecule has 1 aliphatic carbocycles. The lowest BCUT2D eigenvalue weighted by Crippen LogP contribution is -2.39. The third kappa shape index (κ3) is 5.22. The van der Waals surface area contributed by atoms with Gasteiger partial charge in [-0.1, -0.05) is 0 Å². The highest BCUT2D eigenvalue weighted by molar-refractivity contribution is 5.38. The molecule has 1 fully saturated rings. The number of anilines is 1. The van der Waals surface area contributed by atoms with E-state index in [-0.39, 0.29) is 6.04 Å². The van der Waals surface area contributed by atoms with Crippen LogP contribution in [0.5, 0.6) is 0 Å². The molecule has 21 heavy (non-hydrogen) atoms. The van der Waals surface area contributed by atoms with Crippen LogP contribution in [0.3, 0.4) is 0 Å². The molecule has 1 aromatic heterocycles. The summed E-state index contributed by atoms with van der Waals surface area (Å²) >= 11 is 0. The zero-order valence-corrected chi connectivity index (χ0v) is 13.2. The number of nitrogens with zero attached hydrogens (tertiary/aromatic N) is 3. The van der Waals surface area contributed by atoms with Crippen molar-refractivity contribution in [3.05, 3.63) is 17.8 Å². The van der Waals surface area contributed by atoms with E-state index in [1.165, 1.54) is 12.8 Å². The Balaban J connectivity index is 1.96. The minimum atomic E-state index is 0.231. The Bertz CT molecular complexity index is 409. The van der Waals surface area contributed by atoms with Gasteiger partial charge in [-0.3, -0.25) is 0 Å². The molecule has 1 unspecified atom stereocenters. The fourth-order valence-corrected chi connectivity index (χ4v) is 2.22. The lowest BCUT2D eigenvalue weighted by atomic mass is 10.2. The Labute approximate surface area is 126 Å². The summed E-state index contributed by atoms with van der Waals surface area (Å²) in [7, 11) is 3.42. The first-order valence-corrected chi connectivity index (χ1v) is 7.55. The molecule has 0 amide bonds. The highest BCUT2D eigenvalue weighted by Crippen LogP contribution is 2.19. The molecular weight excluding hydrogens is 268 g/mol. The second kappa shape index (κ2) is 8.26. The molecule has 6 heteroatoms. The molecule has 1 aromatic rings. The fourth-order valence-electron chi connectivity index (χ4n) is 2.22. The number of hydrogen-bond acceptors (Lipinski definition) is 6. The van der Waals surface area contributed by atoms with E-state index in [4.69, 9.17) is 9.47 Å². The first-order valence-electron chi connectivity index (χ1n) is 7.55. The van der Waals surface area contributed by atoms with Crippen LogP contribution in [-0.2, 0) is 16.0 Å². The van der Waals surface area contributed by atoms with Crippen LogP contribution in [0.25, 0.3) is 0 Å². The summed E-state index contributed by atoms with van der Waals surface area (Å²) in [4.78, 5) is 2.16. The zero-order chi connectivity index (χ0) is 15.1. The summed E-state index contributed by atoms with van der Waals surface area (Å²) in [6.45, 7) is 4.99. The Hall–Kier alpha value is -1.24. The van der Waals surface area contributed by atoms with E-state index in [0.29, 0.717) is 19.3 Å². The number of rotatable bonds is 10. The van der Waals surface area contributed by atoms with Gasteiger partial charge >= 0.3 is 0 Å². The van der Waals surface area contributed by atoms with E-state index >= 15 is 0 Å². The van der Waals surface area contributed by atoms with Gasteiger partial charge in [0.05, 0.1) is 24.9 Å². The maximum Gasteiger partial charge on any atom is 0.151 e. The summed E-state index contributed by atoms with van der Waals surface area (Å²) in [5.74, 6) is 0.867. The van der Waals surface area contributed by atoms with E-state index in [2.05, 4.69) is 27.3 Å². The van der Waals surface area contributed by atoms with Crippen molar-refractivity contribution in [1.82, 2.24) is 15.5 Å². The van der Waals surface area contributed by atoms with E-state index in [1.54, 1.807) is 14.2 Å². The number of ether oxygens (including phenoxy) is 2. The maximum absolute atomic E-state index is 5.24. The van der Waals surface area contributed by atoms with Crippen LogP contribution in [0.15, 0.2) is 12.1 Å². The quantitative estimate of drug-likeness (QED) is 0.700. The molecule has 2 rings (SSSR count). The molecule has 0 aromatic carbocycles. The van der Waals surface area contributed by atoms with Crippen LogP contribution in [0.2, 0.25) is 0 Å². The normalized spacial score (nSPS) is 16.0. The first-order chi connectivity index (χ1) is 10.2. The van der Waals surface area contributed by atoms with Crippen molar-refractivity contribution in [1.29, 1.82) is 0 Å². The molecular formula is C15H26N4O2. The van der Waals surface area contributed by atoms with E-state index in [9.17, 15) is 0 Å². The molecule has 0 bridgehead atoms. The topological polar surface area (TPSA) is 59.5 Å². The summed E-state index contributed by atoms with van der Waals surface area (Å²) < 4.78 is 10.4. The SMILES string of the molecule is COCCN(c1ccc(CNC2CC2)nn1)C(C)COC. The van der Waals surface area contributed by atoms with Gasteiger partial charge in [0.2, 0.25) is 0 Å². The van der Waals surface area contributed by atoms with Gasteiger partial charge in [-0.15, -0.1) is 5.10 Å². The Morgan fingerprint density at radius 3 is 2.67 bits per heavy atom. The van der Waals surface area contributed by atoms with Gasteiger partial charge in [-0.25, -0.2) is 0 Å². The standard InChI is InChI=1S/C15H26N4O2/c1-12(11-21-3)19(8-9-20-2)15-7-6-14(17-18-15)10-16-13-4-5-13/h6-7,12-13,16H,4-5,8-11H2,1-3H3. The predicted molar refractivity (Wildman–Crippen MR) is 82.5 cm³/mol. The van der Waals surface area contributed by atoms with E-state index < -0.39 is 0 Å². The first kappa shape index (κ1) is 16.1. The van der Waals surface area contributed by atoms with Gasteiger partial charge in [0.25, 0.3) is 0 Å². The molecule has 6 nitrogen and oxygen atoms in total. The maximum atomic E-state index is 5.24. The van der Waals surface area contributed by atoms with Crippen molar-refractivity contribution in [3.63, 3.8) is 0 Å². The summed E-state index contributed by atoms with van der Waals surface area (Å²) in [6, 6.07) is 4.98. The van der Waals surface area contributed by atoms with Crippen molar-refractivity contribution >= 4 is 5.82 Å². The number of aromatic nitrogens is 2. The molecule has 0 aliphatic heterocycles. The van der Waals surface area contributed by atoms with Crippen LogP contribution in [0, 0.1) is 0 Å². The lowest BCUT2D eigenvalue weighted by Gasteiger charge is -2.29. The lowest BCUT2D eigenvalue weighted by molar-refractivity contribution is 0.170. The van der Waals surface area contributed by atoms with Crippen molar-refractivity contribution < 1.29 is 9.47 Å². The fraction of sp³-hybridized carbons (Fsp3) is 0.733.